The van der Waals surface area contributed by atoms with Gasteiger partial charge in [0.25, 0.3) is 5.78 Å². The summed E-state index contributed by atoms with van der Waals surface area (Å²) in [5, 5.41) is 7.05. The second-order valence-electron chi connectivity index (χ2n) is 6.96. The highest BCUT2D eigenvalue weighted by Gasteiger charge is 2.18. The van der Waals surface area contributed by atoms with Crippen LogP contribution in [0.1, 0.15) is 28.6 Å². The fourth-order valence-electron chi connectivity index (χ4n) is 3.23. The van der Waals surface area contributed by atoms with E-state index in [1.807, 2.05) is 38.9 Å². The number of nitrogens with zero attached hydrogens (tertiary/aromatic N) is 5. The summed E-state index contributed by atoms with van der Waals surface area (Å²) in [6, 6.07) is 6.26. The first kappa shape index (κ1) is 19.7. The number of nitrogens with one attached hydrogen (secondary N) is 1. The second-order valence-corrected chi connectivity index (χ2v) is 6.96. The zero-order chi connectivity index (χ0) is 20.4. The van der Waals surface area contributed by atoms with Crippen LogP contribution in [0.25, 0.3) is 5.78 Å². The van der Waals surface area contributed by atoms with Crippen molar-refractivity contribution in [2.75, 3.05) is 26.4 Å². The van der Waals surface area contributed by atoms with Crippen molar-refractivity contribution in [2.24, 2.45) is 0 Å². The molecule has 3 N–H and O–H groups in total. The van der Waals surface area contributed by atoms with Crippen molar-refractivity contribution < 1.29 is 9.18 Å². The van der Waals surface area contributed by atoms with Gasteiger partial charge in [0.15, 0.2) is 0 Å². The minimum atomic E-state index is -0.298. The number of anilines is 1. The van der Waals surface area contributed by atoms with Crippen LogP contribution in [0.4, 0.5) is 10.3 Å². The van der Waals surface area contributed by atoms with Gasteiger partial charge in [0, 0.05) is 23.5 Å². The van der Waals surface area contributed by atoms with E-state index in [1.54, 1.807) is 10.6 Å². The van der Waals surface area contributed by atoms with Gasteiger partial charge in [0.05, 0.1) is 12.5 Å². The first-order valence-electron chi connectivity index (χ1n) is 8.93. The average molecular weight is 385 g/mol. The summed E-state index contributed by atoms with van der Waals surface area (Å²) in [5.74, 6) is 0.105. The molecule has 28 heavy (non-hydrogen) atoms. The molecule has 1 aromatic carbocycles. The van der Waals surface area contributed by atoms with Crippen LogP contribution < -0.4 is 11.1 Å². The van der Waals surface area contributed by atoms with Gasteiger partial charge in [-0.05, 0) is 45.6 Å². The average Bonchev–Trinajstić information content (AvgIpc) is 2.99. The predicted molar refractivity (Wildman–Crippen MR) is 104 cm³/mol. The SMILES string of the molecule is Cc1nc2nc(N)nn2c(C)c1CC(=O)NC[C@H](c1cccc(F)c1)N(C)C. The van der Waals surface area contributed by atoms with Crippen molar-refractivity contribution in [1.29, 1.82) is 0 Å². The molecule has 0 radical (unpaired) electrons. The summed E-state index contributed by atoms with van der Waals surface area (Å²) < 4.78 is 15.1. The Labute approximate surface area is 162 Å². The summed E-state index contributed by atoms with van der Waals surface area (Å²) >= 11 is 0. The van der Waals surface area contributed by atoms with E-state index in [0.717, 1.165) is 16.8 Å². The molecule has 3 rings (SSSR count). The maximum Gasteiger partial charge on any atom is 0.254 e. The molecule has 9 heteroatoms. The number of benzene rings is 1. The minimum Gasteiger partial charge on any atom is -0.366 e. The van der Waals surface area contributed by atoms with Crippen molar-refractivity contribution in [3.05, 3.63) is 52.6 Å². The maximum atomic E-state index is 13.6. The molecule has 2 heterocycles. The van der Waals surface area contributed by atoms with Gasteiger partial charge >= 0.3 is 0 Å². The Kier molecular flexibility index (Phi) is 5.55. The Hall–Kier alpha value is -3.07. The lowest BCUT2D eigenvalue weighted by atomic mass is 10.1. The van der Waals surface area contributed by atoms with Crippen LogP contribution in [-0.4, -0.2) is 51.0 Å². The van der Waals surface area contributed by atoms with Crippen LogP contribution in [-0.2, 0) is 11.2 Å². The van der Waals surface area contributed by atoms with E-state index in [4.69, 9.17) is 5.73 Å². The molecule has 0 spiro atoms. The molecule has 0 bridgehead atoms. The number of aryl methyl sites for hydroxylation is 2. The molecule has 148 valence electrons. The molecule has 0 saturated heterocycles. The van der Waals surface area contributed by atoms with Crippen molar-refractivity contribution in [3.8, 4) is 0 Å². The highest BCUT2D eigenvalue weighted by atomic mass is 19.1. The number of nitrogen functional groups attached to an aromatic ring is 1. The number of hydrogen-bond acceptors (Lipinski definition) is 6. The molecule has 0 fully saturated rings. The molecule has 0 aliphatic heterocycles. The monoisotopic (exact) mass is 385 g/mol. The molecule has 0 aliphatic carbocycles. The number of carbonyl (C=O) groups excluding carboxylic acids is 1. The number of fused-ring (bicyclic) bond motifs is 1. The van der Waals surface area contributed by atoms with E-state index in [0.29, 0.717) is 18.0 Å². The summed E-state index contributed by atoms with van der Waals surface area (Å²) in [6.45, 7) is 4.04. The molecular formula is C19H24FN7O. The molecule has 3 aromatic rings. The van der Waals surface area contributed by atoms with Gasteiger partial charge < -0.3 is 16.0 Å². The van der Waals surface area contributed by atoms with Gasteiger partial charge in [0.1, 0.15) is 5.82 Å². The van der Waals surface area contributed by atoms with Gasteiger partial charge in [-0.15, -0.1) is 5.10 Å². The van der Waals surface area contributed by atoms with Gasteiger partial charge in [-0.3, -0.25) is 4.79 Å². The maximum absolute atomic E-state index is 13.6. The van der Waals surface area contributed by atoms with E-state index in [2.05, 4.69) is 20.4 Å². The summed E-state index contributed by atoms with van der Waals surface area (Å²) in [6.07, 6.45) is 0.156. The fourth-order valence-corrected chi connectivity index (χ4v) is 3.23. The first-order valence-corrected chi connectivity index (χ1v) is 8.93. The van der Waals surface area contributed by atoms with Gasteiger partial charge in [-0.2, -0.15) is 9.50 Å². The summed E-state index contributed by atoms with van der Waals surface area (Å²) in [4.78, 5) is 23.0. The lowest BCUT2D eigenvalue weighted by molar-refractivity contribution is -0.120. The van der Waals surface area contributed by atoms with E-state index >= 15 is 0 Å². The van der Waals surface area contributed by atoms with Gasteiger partial charge in [-0.1, -0.05) is 12.1 Å². The number of carbonyl (C=O) groups is 1. The summed E-state index contributed by atoms with van der Waals surface area (Å²) in [5.41, 5.74) is 8.71. The smallest absolute Gasteiger partial charge is 0.254 e. The van der Waals surface area contributed by atoms with Crippen molar-refractivity contribution in [3.63, 3.8) is 0 Å². The topological polar surface area (TPSA) is 101 Å². The third kappa shape index (κ3) is 4.09. The highest BCUT2D eigenvalue weighted by molar-refractivity contribution is 5.79. The minimum absolute atomic E-state index is 0.139. The molecule has 2 aromatic heterocycles. The van der Waals surface area contributed by atoms with Crippen LogP contribution >= 0.6 is 0 Å². The van der Waals surface area contributed by atoms with E-state index in [-0.39, 0.29) is 30.1 Å². The van der Waals surface area contributed by atoms with E-state index in [1.165, 1.54) is 12.1 Å². The lowest BCUT2D eigenvalue weighted by Gasteiger charge is -2.25. The van der Waals surface area contributed by atoms with Gasteiger partial charge in [0.2, 0.25) is 11.9 Å². The van der Waals surface area contributed by atoms with E-state index in [9.17, 15) is 9.18 Å². The molecule has 0 unspecified atom stereocenters. The number of rotatable bonds is 6. The van der Waals surface area contributed by atoms with Crippen molar-refractivity contribution in [2.45, 2.75) is 26.3 Å². The zero-order valence-electron chi connectivity index (χ0n) is 16.4. The lowest BCUT2D eigenvalue weighted by Crippen LogP contribution is -2.35. The van der Waals surface area contributed by atoms with Crippen LogP contribution in [0.3, 0.4) is 0 Å². The molecular weight excluding hydrogens is 361 g/mol. The second kappa shape index (κ2) is 7.89. The summed E-state index contributed by atoms with van der Waals surface area (Å²) in [7, 11) is 3.78. The van der Waals surface area contributed by atoms with Crippen molar-refractivity contribution >= 4 is 17.6 Å². The van der Waals surface area contributed by atoms with Crippen LogP contribution in [0, 0.1) is 19.7 Å². The zero-order valence-corrected chi connectivity index (χ0v) is 16.4. The fraction of sp³-hybridized carbons (Fsp3) is 0.368. The Bertz CT molecular complexity index is 1010. The van der Waals surface area contributed by atoms with Crippen LogP contribution in [0.2, 0.25) is 0 Å². The molecule has 1 amide bonds. The Morgan fingerprint density at radius 3 is 2.75 bits per heavy atom. The highest BCUT2D eigenvalue weighted by Crippen LogP contribution is 2.19. The van der Waals surface area contributed by atoms with Crippen LogP contribution in [0.15, 0.2) is 24.3 Å². The Morgan fingerprint density at radius 1 is 1.32 bits per heavy atom. The van der Waals surface area contributed by atoms with Crippen molar-refractivity contribution in [1.82, 2.24) is 29.8 Å². The molecule has 8 nitrogen and oxygen atoms in total. The Morgan fingerprint density at radius 2 is 2.07 bits per heavy atom. The third-order valence-corrected chi connectivity index (χ3v) is 4.75. The molecule has 1 atom stereocenters. The number of halogens is 1. The number of hydrogen-bond donors (Lipinski definition) is 2. The number of nitrogens with two attached hydrogens (primary N) is 1. The number of likely N-dealkylation sites (N-methyl/N-ethyl adjacent to an activating group) is 1. The normalized spacial score (nSPS) is 12.5. The van der Waals surface area contributed by atoms with Crippen LogP contribution in [0.5, 0.6) is 0 Å². The molecule has 0 saturated carbocycles. The van der Waals surface area contributed by atoms with E-state index < -0.39 is 0 Å². The Balaban J connectivity index is 1.74. The number of amides is 1. The standard InChI is InChI=1S/C19H24FN7O/c1-11-15(12(2)27-19(23-11)24-18(21)25-27)9-17(28)22-10-16(26(3)4)13-6-5-7-14(20)8-13/h5-8,16H,9-10H2,1-4H3,(H2,21,25)(H,22,28)/t16-/m1/s1. The van der Waals surface area contributed by atoms with Gasteiger partial charge in [-0.25, -0.2) is 9.37 Å². The first-order chi connectivity index (χ1) is 13.3. The third-order valence-electron chi connectivity index (χ3n) is 4.75. The quantitative estimate of drug-likeness (QED) is 0.666. The predicted octanol–water partition coefficient (Wildman–Crippen LogP) is 1.42. The number of aromatic nitrogens is 4. The largest absolute Gasteiger partial charge is 0.366 e. The molecule has 0 aliphatic rings.